The second-order valence-corrected chi connectivity index (χ2v) is 5.98. The summed E-state index contributed by atoms with van der Waals surface area (Å²) in [7, 11) is 0. The van der Waals surface area contributed by atoms with E-state index in [1.807, 2.05) is 13.8 Å². The molecule has 1 amide bonds. The maximum Gasteiger partial charge on any atom is 0.293 e. The van der Waals surface area contributed by atoms with Crippen molar-refractivity contribution in [2.45, 2.75) is 38.7 Å². The normalized spacial score (nSPS) is 30.1. The van der Waals surface area contributed by atoms with Gasteiger partial charge in [-0.1, -0.05) is 13.8 Å². The fourth-order valence-electron chi connectivity index (χ4n) is 3.17. The molecule has 6 heteroatoms. The summed E-state index contributed by atoms with van der Waals surface area (Å²) in [5, 5.41) is 16.7. The van der Waals surface area contributed by atoms with E-state index in [9.17, 15) is 9.90 Å². The van der Waals surface area contributed by atoms with Crippen LogP contribution in [0.3, 0.4) is 0 Å². The molecule has 1 aliphatic carbocycles. The molecule has 3 unspecified atom stereocenters. The summed E-state index contributed by atoms with van der Waals surface area (Å²) in [6.45, 7) is 5.37. The molecule has 2 N–H and O–H groups in total. The van der Waals surface area contributed by atoms with E-state index in [4.69, 9.17) is 0 Å². The van der Waals surface area contributed by atoms with Crippen molar-refractivity contribution in [3.8, 4) is 0 Å². The Morgan fingerprint density at radius 3 is 2.84 bits per heavy atom. The quantitative estimate of drug-likeness (QED) is 0.826. The van der Waals surface area contributed by atoms with Crippen LogP contribution in [0, 0.1) is 11.8 Å². The fraction of sp³-hybridized carbons (Fsp3) is 0.769. The average molecular weight is 264 g/mol. The Morgan fingerprint density at radius 2 is 2.21 bits per heavy atom. The molecule has 0 radical (unpaired) electrons. The number of carbonyl (C=O) groups is 1. The van der Waals surface area contributed by atoms with Gasteiger partial charge in [0.2, 0.25) is 5.82 Å². The minimum atomic E-state index is -0.249. The van der Waals surface area contributed by atoms with Crippen LogP contribution in [0.5, 0.6) is 0 Å². The highest BCUT2D eigenvalue weighted by Gasteiger charge is 2.43. The van der Waals surface area contributed by atoms with Gasteiger partial charge in [-0.2, -0.15) is 0 Å². The lowest BCUT2D eigenvalue weighted by atomic mass is 10.00. The number of aromatic amines is 1. The third-order valence-electron chi connectivity index (χ3n) is 4.35. The summed E-state index contributed by atoms with van der Waals surface area (Å²) in [5.41, 5.74) is 0. The second kappa shape index (κ2) is 4.59. The van der Waals surface area contributed by atoms with Crippen LogP contribution < -0.4 is 0 Å². The van der Waals surface area contributed by atoms with Gasteiger partial charge in [-0.25, -0.2) is 4.98 Å². The van der Waals surface area contributed by atoms with Gasteiger partial charge in [0.15, 0.2) is 0 Å². The van der Waals surface area contributed by atoms with E-state index in [2.05, 4.69) is 15.2 Å². The number of hydrogen-bond acceptors (Lipinski definition) is 4. The van der Waals surface area contributed by atoms with Crippen molar-refractivity contribution in [3.05, 3.63) is 11.6 Å². The SMILES string of the molecule is CC(C)c1nc(C(=O)N2CC3CCC(O)C3C2)n[nH]1. The van der Waals surface area contributed by atoms with Gasteiger partial charge in [-0.3, -0.25) is 9.89 Å². The molecule has 3 atom stereocenters. The van der Waals surface area contributed by atoms with Crippen molar-refractivity contribution >= 4 is 5.91 Å². The van der Waals surface area contributed by atoms with Crippen molar-refractivity contribution in [1.29, 1.82) is 0 Å². The van der Waals surface area contributed by atoms with Crippen molar-refractivity contribution < 1.29 is 9.90 Å². The Kier molecular flexibility index (Phi) is 3.05. The third kappa shape index (κ3) is 2.14. The topological polar surface area (TPSA) is 82.1 Å². The number of fused-ring (bicyclic) bond motifs is 1. The molecule has 1 saturated carbocycles. The number of aliphatic hydroxyl groups is 1. The van der Waals surface area contributed by atoms with Crippen LogP contribution in [0.4, 0.5) is 0 Å². The lowest BCUT2D eigenvalue weighted by Crippen LogP contribution is -2.31. The molecule has 1 saturated heterocycles. The van der Waals surface area contributed by atoms with Gasteiger partial charge in [-0.05, 0) is 18.8 Å². The van der Waals surface area contributed by atoms with E-state index in [1.54, 1.807) is 4.90 Å². The monoisotopic (exact) mass is 264 g/mol. The minimum Gasteiger partial charge on any atom is -0.393 e. The molecule has 1 aromatic heterocycles. The number of amides is 1. The molecule has 2 fully saturated rings. The molecule has 2 aliphatic rings. The minimum absolute atomic E-state index is 0.121. The van der Waals surface area contributed by atoms with Crippen LogP contribution in [0.15, 0.2) is 0 Å². The highest BCUT2D eigenvalue weighted by atomic mass is 16.3. The van der Waals surface area contributed by atoms with E-state index in [0.717, 1.165) is 25.2 Å². The zero-order valence-electron chi connectivity index (χ0n) is 11.3. The Bertz CT molecular complexity index is 485. The molecule has 104 valence electrons. The Morgan fingerprint density at radius 1 is 1.42 bits per heavy atom. The molecule has 0 aromatic carbocycles. The predicted molar refractivity (Wildman–Crippen MR) is 68.6 cm³/mol. The van der Waals surface area contributed by atoms with Gasteiger partial charge < -0.3 is 10.0 Å². The number of rotatable bonds is 2. The van der Waals surface area contributed by atoms with Crippen LogP contribution in [0.25, 0.3) is 0 Å². The van der Waals surface area contributed by atoms with Gasteiger partial charge in [0, 0.05) is 24.9 Å². The molecule has 0 spiro atoms. The number of likely N-dealkylation sites (tertiary alicyclic amines) is 1. The molecule has 0 bridgehead atoms. The first-order valence-corrected chi connectivity index (χ1v) is 6.96. The maximum absolute atomic E-state index is 12.3. The Balaban J connectivity index is 1.71. The first-order valence-electron chi connectivity index (χ1n) is 6.96. The number of aromatic nitrogens is 3. The largest absolute Gasteiger partial charge is 0.393 e. The predicted octanol–water partition coefficient (Wildman–Crippen LogP) is 0.771. The first kappa shape index (κ1) is 12.6. The zero-order chi connectivity index (χ0) is 13.6. The number of H-pyrrole nitrogens is 1. The van der Waals surface area contributed by atoms with Crippen LogP contribution in [0.2, 0.25) is 0 Å². The van der Waals surface area contributed by atoms with E-state index in [0.29, 0.717) is 12.5 Å². The maximum atomic E-state index is 12.3. The molecule has 1 aromatic rings. The molecule has 6 nitrogen and oxygen atoms in total. The van der Waals surface area contributed by atoms with E-state index < -0.39 is 0 Å². The number of hydrogen-bond donors (Lipinski definition) is 2. The lowest BCUT2D eigenvalue weighted by Gasteiger charge is -2.16. The lowest BCUT2D eigenvalue weighted by molar-refractivity contribution is 0.0741. The summed E-state index contributed by atoms with van der Waals surface area (Å²) in [6.07, 6.45) is 1.64. The highest BCUT2D eigenvalue weighted by Crippen LogP contribution is 2.38. The molecule has 1 aliphatic heterocycles. The van der Waals surface area contributed by atoms with Crippen LogP contribution in [0.1, 0.15) is 49.1 Å². The van der Waals surface area contributed by atoms with E-state index in [-0.39, 0.29) is 29.7 Å². The van der Waals surface area contributed by atoms with Crippen molar-refractivity contribution in [2.24, 2.45) is 11.8 Å². The summed E-state index contributed by atoms with van der Waals surface area (Å²) in [4.78, 5) is 18.3. The molecule has 3 rings (SSSR count). The van der Waals surface area contributed by atoms with Gasteiger partial charge in [0.25, 0.3) is 5.91 Å². The standard InChI is InChI=1S/C13H20N4O2/c1-7(2)11-14-12(16-15-11)13(19)17-5-8-3-4-10(18)9(8)6-17/h7-10,18H,3-6H2,1-2H3,(H,14,15,16). The van der Waals surface area contributed by atoms with Gasteiger partial charge in [0.1, 0.15) is 5.82 Å². The van der Waals surface area contributed by atoms with Crippen LogP contribution in [-0.2, 0) is 0 Å². The number of aliphatic hydroxyl groups excluding tert-OH is 1. The average Bonchev–Trinajstić information content (AvgIpc) is 3.05. The molecule has 19 heavy (non-hydrogen) atoms. The van der Waals surface area contributed by atoms with E-state index in [1.165, 1.54) is 0 Å². The zero-order valence-corrected chi connectivity index (χ0v) is 11.3. The smallest absolute Gasteiger partial charge is 0.293 e. The number of nitrogens with zero attached hydrogens (tertiary/aromatic N) is 3. The second-order valence-electron chi connectivity index (χ2n) is 5.98. The summed E-state index contributed by atoms with van der Waals surface area (Å²) in [5.74, 6) is 1.79. The Hall–Kier alpha value is -1.43. The van der Waals surface area contributed by atoms with Gasteiger partial charge in [-0.15, -0.1) is 5.10 Å². The van der Waals surface area contributed by atoms with E-state index >= 15 is 0 Å². The van der Waals surface area contributed by atoms with Crippen molar-refractivity contribution in [2.75, 3.05) is 13.1 Å². The summed E-state index contributed by atoms with van der Waals surface area (Å²) >= 11 is 0. The summed E-state index contributed by atoms with van der Waals surface area (Å²) in [6, 6.07) is 0. The van der Waals surface area contributed by atoms with Crippen LogP contribution in [-0.4, -0.2) is 50.3 Å². The molecular weight excluding hydrogens is 244 g/mol. The number of carbonyl (C=O) groups excluding carboxylic acids is 1. The van der Waals surface area contributed by atoms with Gasteiger partial charge in [0.05, 0.1) is 6.10 Å². The Labute approximate surface area is 112 Å². The fourth-order valence-corrected chi connectivity index (χ4v) is 3.17. The van der Waals surface area contributed by atoms with Gasteiger partial charge >= 0.3 is 0 Å². The molecular formula is C13H20N4O2. The van der Waals surface area contributed by atoms with Crippen molar-refractivity contribution in [3.63, 3.8) is 0 Å². The first-order chi connectivity index (χ1) is 9.06. The number of nitrogens with one attached hydrogen (secondary N) is 1. The van der Waals surface area contributed by atoms with Crippen LogP contribution >= 0.6 is 0 Å². The van der Waals surface area contributed by atoms with Crippen molar-refractivity contribution in [1.82, 2.24) is 20.1 Å². The summed E-state index contributed by atoms with van der Waals surface area (Å²) < 4.78 is 0. The highest BCUT2D eigenvalue weighted by molar-refractivity contribution is 5.90. The third-order valence-corrected chi connectivity index (χ3v) is 4.35. The molecule has 2 heterocycles.